The van der Waals surface area contributed by atoms with Gasteiger partial charge in [0.15, 0.2) is 0 Å². The van der Waals surface area contributed by atoms with E-state index in [1.54, 1.807) is 4.90 Å². The van der Waals surface area contributed by atoms with Gasteiger partial charge in [-0.05, 0) is 28.8 Å². The van der Waals surface area contributed by atoms with Crippen LogP contribution >= 0.6 is 0 Å². The number of amides is 1. The van der Waals surface area contributed by atoms with Gasteiger partial charge in [-0.1, -0.05) is 49.4 Å². The molecule has 2 aromatic carbocycles. The molecule has 0 bridgehead atoms. The van der Waals surface area contributed by atoms with Crippen molar-refractivity contribution in [3.05, 3.63) is 48.0 Å². The van der Waals surface area contributed by atoms with Gasteiger partial charge in [-0.15, -0.1) is 0 Å². The highest BCUT2D eigenvalue weighted by Crippen LogP contribution is 2.16. The molecule has 3 heteroatoms. The third kappa shape index (κ3) is 3.58. The summed E-state index contributed by atoms with van der Waals surface area (Å²) in [6, 6.07) is 14.4. The molecule has 0 radical (unpaired) electrons. The molecule has 0 saturated heterocycles. The molecule has 1 atom stereocenters. The van der Waals surface area contributed by atoms with Gasteiger partial charge in [-0.2, -0.15) is 0 Å². The number of rotatable bonds is 5. The minimum Gasteiger partial charge on any atom is -0.345 e. The zero-order chi connectivity index (χ0) is 14.5. The van der Waals surface area contributed by atoms with E-state index >= 15 is 0 Å². The van der Waals surface area contributed by atoms with E-state index in [-0.39, 0.29) is 5.91 Å². The van der Waals surface area contributed by atoms with E-state index in [2.05, 4.69) is 31.2 Å². The van der Waals surface area contributed by atoms with Gasteiger partial charge in [-0.25, -0.2) is 0 Å². The molecule has 2 N–H and O–H groups in total. The molecule has 20 heavy (non-hydrogen) atoms. The molecule has 0 fully saturated rings. The van der Waals surface area contributed by atoms with Crippen molar-refractivity contribution < 1.29 is 4.79 Å². The normalized spacial score (nSPS) is 12.3. The standard InChI is InChI=1S/C17H22N2O/c1-13(11-18)12-19(2)17(20)10-14-7-8-15-5-3-4-6-16(15)9-14/h3-9,13H,10-12,18H2,1-2H3. The lowest BCUT2D eigenvalue weighted by Gasteiger charge is -2.20. The SMILES string of the molecule is CC(CN)CN(C)C(=O)Cc1ccc2ccccc2c1. The lowest BCUT2D eigenvalue weighted by Crippen LogP contribution is -2.34. The first kappa shape index (κ1) is 14.5. The molecule has 2 aromatic rings. The van der Waals surface area contributed by atoms with Gasteiger partial charge in [0.1, 0.15) is 0 Å². The van der Waals surface area contributed by atoms with Crippen LogP contribution in [0.1, 0.15) is 12.5 Å². The van der Waals surface area contributed by atoms with E-state index in [1.165, 1.54) is 10.8 Å². The molecule has 106 valence electrons. The monoisotopic (exact) mass is 270 g/mol. The first-order chi connectivity index (χ1) is 9.60. The Morgan fingerprint density at radius 2 is 1.90 bits per heavy atom. The Bertz CT molecular complexity index is 594. The number of carbonyl (C=O) groups excluding carboxylic acids is 1. The Morgan fingerprint density at radius 1 is 1.20 bits per heavy atom. The number of likely N-dealkylation sites (N-methyl/N-ethyl adjacent to an activating group) is 1. The molecule has 0 aliphatic heterocycles. The quantitative estimate of drug-likeness (QED) is 0.907. The van der Waals surface area contributed by atoms with Crippen LogP contribution < -0.4 is 5.73 Å². The van der Waals surface area contributed by atoms with E-state index in [0.29, 0.717) is 25.4 Å². The summed E-state index contributed by atoms with van der Waals surface area (Å²) >= 11 is 0. The third-order valence-electron chi connectivity index (χ3n) is 3.58. The molecule has 3 nitrogen and oxygen atoms in total. The van der Waals surface area contributed by atoms with E-state index < -0.39 is 0 Å². The minimum atomic E-state index is 0.139. The summed E-state index contributed by atoms with van der Waals surface area (Å²) in [4.78, 5) is 14.0. The van der Waals surface area contributed by atoms with Crippen LogP contribution in [0, 0.1) is 5.92 Å². The molecule has 2 rings (SSSR count). The van der Waals surface area contributed by atoms with Crippen LogP contribution in [-0.4, -0.2) is 30.9 Å². The second-order valence-electron chi connectivity index (χ2n) is 5.47. The van der Waals surface area contributed by atoms with Crippen molar-refractivity contribution in [1.29, 1.82) is 0 Å². The highest BCUT2D eigenvalue weighted by atomic mass is 16.2. The fraction of sp³-hybridized carbons (Fsp3) is 0.353. The lowest BCUT2D eigenvalue weighted by atomic mass is 10.0. The van der Waals surface area contributed by atoms with E-state index in [4.69, 9.17) is 5.73 Å². The smallest absolute Gasteiger partial charge is 0.226 e. The summed E-state index contributed by atoms with van der Waals surface area (Å²) < 4.78 is 0. The number of nitrogens with two attached hydrogens (primary N) is 1. The Labute approximate surface area is 120 Å². The molecule has 1 unspecified atom stereocenters. The Kier molecular flexibility index (Phi) is 4.74. The lowest BCUT2D eigenvalue weighted by molar-refractivity contribution is -0.129. The molecule has 1 amide bonds. The van der Waals surface area contributed by atoms with Crippen LogP contribution in [0.5, 0.6) is 0 Å². The van der Waals surface area contributed by atoms with Crippen molar-refractivity contribution >= 4 is 16.7 Å². The Balaban J connectivity index is 2.05. The van der Waals surface area contributed by atoms with Crippen molar-refractivity contribution in [3.63, 3.8) is 0 Å². The van der Waals surface area contributed by atoms with Crippen molar-refractivity contribution in [3.8, 4) is 0 Å². The van der Waals surface area contributed by atoms with Crippen LogP contribution in [0.3, 0.4) is 0 Å². The Hall–Kier alpha value is -1.87. The maximum Gasteiger partial charge on any atom is 0.226 e. The van der Waals surface area contributed by atoms with Gasteiger partial charge in [0.25, 0.3) is 0 Å². The minimum absolute atomic E-state index is 0.139. The number of carbonyl (C=O) groups is 1. The van der Waals surface area contributed by atoms with Crippen LogP contribution in [0.4, 0.5) is 0 Å². The molecule has 0 aromatic heterocycles. The highest BCUT2D eigenvalue weighted by molar-refractivity contribution is 5.85. The van der Waals surface area contributed by atoms with Gasteiger partial charge in [0.05, 0.1) is 6.42 Å². The maximum atomic E-state index is 12.2. The third-order valence-corrected chi connectivity index (χ3v) is 3.58. The van der Waals surface area contributed by atoms with Crippen molar-refractivity contribution in [2.75, 3.05) is 20.1 Å². The fourth-order valence-electron chi connectivity index (χ4n) is 2.30. The predicted octanol–water partition coefficient (Wildman–Crippen LogP) is 2.44. The summed E-state index contributed by atoms with van der Waals surface area (Å²) in [5.74, 6) is 0.473. The van der Waals surface area contributed by atoms with Crippen molar-refractivity contribution in [2.45, 2.75) is 13.3 Å². The van der Waals surface area contributed by atoms with Crippen molar-refractivity contribution in [2.24, 2.45) is 11.7 Å². The van der Waals surface area contributed by atoms with Gasteiger partial charge < -0.3 is 10.6 Å². The number of nitrogens with zero attached hydrogens (tertiary/aromatic N) is 1. The average Bonchev–Trinajstić information content (AvgIpc) is 2.46. The van der Waals surface area contributed by atoms with Crippen LogP contribution in [0.15, 0.2) is 42.5 Å². The van der Waals surface area contributed by atoms with Crippen molar-refractivity contribution in [1.82, 2.24) is 4.90 Å². The average molecular weight is 270 g/mol. The summed E-state index contributed by atoms with van der Waals surface area (Å²) in [6.45, 7) is 3.37. The summed E-state index contributed by atoms with van der Waals surface area (Å²) in [5.41, 5.74) is 6.65. The highest BCUT2D eigenvalue weighted by Gasteiger charge is 2.12. The second kappa shape index (κ2) is 6.53. The number of hydrogen-bond donors (Lipinski definition) is 1. The molecule has 0 aliphatic rings. The van der Waals surface area contributed by atoms with E-state index in [9.17, 15) is 4.79 Å². The summed E-state index contributed by atoms with van der Waals surface area (Å²) in [6.07, 6.45) is 0.443. The maximum absolute atomic E-state index is 12.2. The van der Waals surface area contributed by atoms with E-state index in [1.807, 2.05) is 25.2 Å². The zero-order valence-electron chi connectivity index (χ0n) is 12.2. The molecular formula is C17H22N2O. The summed E-state index contributed by atoms with van der Waals surface area (Å²) in [7, 11) is 1.84. The topological polar surface area (TPSA) is 46.3 Å². The Morgan fingerprint density at radius 3 is 2.60 bits per heavy atom. The van der Waals surface area contributed by atoms with E-state index in [0.717, 1.165) is 5.56 Å². The first-order valence-electron chi connectivity index (χ1n) is 7.02. The second-order valence-corrected chi connectivity index (χ2v) is 5.47. The number of fused-ring (bicyclic) bond motifs is 1. The van der Waals surface area contributed by atoms with Crippen LogP contribution in [-0.2, 0) is 11.2 Å². The molecule has 0 aliphatic carbocycles. The predicted molar refractivity (Wildman–Crippen MR) is 83.5 cm³/mol. The molecule has 0 heterocycles. The van der Waals surface area contributed by atoms with Crippen LogP contribution in [0.2, 0.25) is 0 Å². The number of benzene rings is 2. The number of hydrogen-bond acceptors (Lipinski definition) is 2. The molecular weight excluding hydrogens is 248 g/mol. The fourth-order valence-corrected chi connectivity index (χ4v) is 2.30. The largest absolute Gasteiger partial charge is 0.345 e. The zero-order valence-corrected chi connectivity index (χ0v) is 12.2. The van der Waals surface area contributed by atoms with Gasteiger partial charge in [0.2, 0.25) is 5.91 Å². The first-order valence-corrected chi connectivity index (χ1v) is 7.02. The van der Waals surface area contributed by atoms with Gasteiger partial charge in [0, 0.05) is 13.6 Å². The van der Waals surface area contributed by atoms with Gasteiger partial charge in [-0.3, -0.25) is 4.79 Å². The molecule has 0 spiro atoms. The van der Waals surface area contributed by atoms with Crippen LogP contribution in [0.25, 0.3) is 10.8 Å². The summed E-state index contributed by atoms with van der Waals surface area (Å²) in [5, 5.41) is 2.38. The van der Waals surface area contributed by atoms with Gasteiger partial charge >= 0.3 is 0 Å². The molecule has 0 saturated carbocycles.